The number of ether oxygens (including phenoxy) is 1. The van der Waals surface area contributed by atoms with Crippen molar-refractivity contribution in [2.75, 3.05) is 26.3 Å². The summed E-state index contributed by atoms with van der Waals surface area (Å²) >= 11 is 0. The molecule has 0 bridgehead atoms. The number of likely N-dealkylation sites (N-methyl/N-ethyl adjacent to an activating group) is 1. The summed E-state index contributed by atoms with van der Waals surface area (Å²) in [7, 11) is 0. The number of rotatable bonds is 14. The predicted octanol–water partition coefficient (Wildman–Crippen LogP) is 3.84. The predicted molar refractivity (Wildman–Crippen MR) is 128 cm³/mol. The SMILES string of the molecule is CCN(CCc1ccc(OCc2ccccc2)cc1)CN(CC)C(=O)CC(C)CC(N)=O. The smallest absolute Gasteiger partial charge is 0.223 e. The molecule has 0 aliphatic rings. The molecule has 2 rings (SSSR count). The maximum absolute atomic E-state index is 12.6. The summed E-state index contributed by atoms with van der Waals surface area (Å²) in [5.74, 6) is 0.532. The van der Waals surface area contributed by atoms with Gasteiger partial charge in [0.2, 0.25) is 11.8 Å². The molecule has 1 atom stereocenters. The molecule has 0 aromatic heterocycles. The molecule has 2 amide bonds. The van der Waals surface area contributed by atoms with E-state index in [1.807, 2.05) is 49.1 Å². The maximum atomic E-state index is 12.6. The highest BCUT2D eigenvalue weighted by molar-refractivity contribution is 5.78. The van der Waals surface area contributed by atoms with Crippen molar-refractivity contribution in [3.05, 3.63) is 65.7 Å². The Labute approximate surface area is 192 Å². The highest BCUT2D eigenvalue weighted by atomic mass is 16.5. The quantitative estimate of drug-likeness (QED) is 0.454. The van der Waals surface area contributed by atoms with E-state index in [1.54, 1.807) is 0 Å². The lowest BCUT2D eigenvalue weighted by molar-refractivity contribution is -0.134. The molecular formula is C26H37N3O3. The number of carbonyl (C=O) groups is 2. The topological polar surface area (TPSA) is 75.9 Å². The fraction of sp³-hybridized carbons (Fsp3) is 0.462. The van der Waals surface area contributed by atoms with Crippen LogP contribution in [0.1, 0.15) is 44.7 Å². The molecule has 0 saturated carbocycles. The summed E-state index contributed by atoms with van der Waals surface area (Å²) < 4.78 is 5.86. The third-order valence-corrected chi connectivity index (χ3v) is 5.51. The largest absolute Gasteiger partial charge is 0.489 e. The second kappa shape index (κ2) is 13.5. The summed E-state index contributed by atoms with van der Waals surface area (Å²) in [6.45, 7) is 9.50. The molecule has 32 heavy (non-hydrogen) atoms. The van der Waals surface area contributed by atoms with Crippen LogP contribution in [-0.2, 0) is 22.6 Å². The third kappa shape index (κ3) is 9.10. The average Bonchev–Trinajstić information content (AvgIpc) is 2.78. The monoisotopic (exact) mass is 439 g/mol. The average molecular weight is 440 g/mol. The molecule has 0 radical (unpaired) electrons. The normalized spacial score (nSPS) is 11.9. The second-order valence-electron chi connectivity index (χ2n) is 8.25. The Balaban J connectivity index is 1.81. The molecule has 2 aromatic carbocycles. The molecule has 0 aliphatic heterocycles. The lowest BCUT2D eigenvalue weighted by Crippen LogP contribution is -2.42. The molecule has 174 valence electrons. The first-order valence-corrected chi connectivity index (χ1v) is 11.4. The Morgan fingerprint density at radius 2 is 1.62 bits per heavy atom. The van der Waals surface area contributed by atoms with Gasteiger partial charge in [0.1, 0.15) is 12.4 Å². The van der Waals surface area contributed by atoms with Crippen molar-refractivity contribution in [3.8, 4) is 5.75 Å². The van der Waals surface area contributed by atoms with E-state index in [0.717, 1.165) is 30.8 Å². The number of carbonyl (C=O) groups excluding carboxylic acids is 2. The fourth-order valence-electron chi connectivity index (χ4n) is 3.55. The first-order chi connectivity index (χ1) is 15.4. The minimum Gasteiger partial charge on any atom is -0.489 e. The zero-order valence-corrected chi connectivity index (χ0v) is 19.6. The van der Waals surface area contributed by atoms with Crippen LogP contribution in [0.2, 0.25) is 0 Å². The molecule has 0 fully saturated rings. The Hall–Kier alpha value is -2.86. The van der Waals surface area contributed by atoms with Gasteiger partial charge in [-0.15, -0.1) is 0 Å². The Morgan fingerprint density at radius 3 is 2.22 bits per heavy atom. The van der Waals surface area contributed by atoms with Gasteiger partial charge in [-0.05, 0) is 49.1 Å². The van der Waals surface area contributed by atoms with Crippen molar-refractivity contribution in [2.24, 2.45) is 11.7 Å². The van der Waals surface area contributed by atoms with E-state index in [2.05, 4.69) is 36.1 Å². The van der Waals surface area contributed by atoms with Crippen molar-refractivity contribution in [1.29, 1.82) is 0 Å². The molecule has 6 nitrogen and oxygen atoms in total. The molecule has 0 spiro atoms. The second-order valence-corrected chi connectivity index (χ2v) is 8.25. The Kier molecular flexibility index (Phi) is 10.7. The van der Waals surface area contributed by atoms with Gasteiger partial charge in [0.25, 0.3) is 0 Å². The Morgan fingerprint density at radius 1 is 0.938 bits per heavy atom. The summed E-state index contributed by atoms with van der Waals surface area (Å²) in [4.78, 5) is 27.8. The first kappa shape index (κ1) is 25.4. The number of amides is 2. The van der Waals surface area contributed by atoms with E-state index in [1.165, 1.54) is 5.56 Å². The lowest BCUT2D eigenvalue weighted by atomic mass is 10.0. The molecule has 0 aliphatic carbocycles. The Bertz CT molecular complexity index is 824. The van der Waals surface area contributed by atoms with Crippen LogP contribution in [0, 0.1) is 5.92 Å². The van der Waals surface area contributed by atoms with E-state index >= 15 is 0 Å². The minimum absolute atomic E-state index is 0.0354. The summed E-state index contributed by atoms with van der Waals surface area (Å²) in [6, 6.07) is 18.3. The van der Waals surface area contributed by atoms with Gasteiger partial charge in [0, 0.05) is 25.9 Å². The van der Waals surface area contributed by atoms with Crippen molar-refractivity contribution >= 4 is 11.8 Å². The molecular weight excluding hydrogens is 402 g/mol. The van der Waals surface area contributed by atoms with Gasteiger partial charge in [-0.2, -0.15) is 0 Å². The molecule has 2 N–H and O–H groups in total. The van der Waals surface area contributed by atoms with E-state index in [9.17, 15) is 9.59 Å². The highest BCUT2D eigenvalue weighted by Crippen LogP contribution is 2.15. The first-order valence-electron chi connectivity index (χ1n) is 11.4. The van der Waals surface area contributed by atoms with Gasteiger partial charge in [0.15, 0.2) is 0 Å². The number of hydrogen-bond acceptors (Lipinski definition) is 4. The van der Waals surface area contributed by atoms with Crippen molar-refractivity contribution in [1.82, 2.24) is 9.80 Å². The zero-order chi connectivity index (χ0) is 23.3. The van der Waals surface area contributed by atoms with Crippen LogP contribution in [-0.4, -0.2) is 47.9 Å². The van der Waals surface area contributed by atoms with Crippen molar-refractivity contribution in [3.63, 3.8) is 0 Å². The zero-order valence-electron chi connectivity index (χ0n) is 19.6. The summed E-state index contributed by atoms with van der Waals surface area (Å²) in [5, 5.41) is 0. The van der Waals surface area contributed by atoms with E-state index in [4.69, 9.17) is 10.5 Å². The van der Waals surface area contributed by atoms with Crippen LogP contribution in [0.3, 0.4) is 0 Å². The van der Waals surface area contributed by atoms with Gasteiger partial charge in [-0.25, -0.2) is 0 Å². The van der Waals surface area contributed by atoms with E-state index in [0.29, 0.717) is 26.2 Å². The molecule has 0 saturated heterocycles. The van der Waals surface area contributed by atoms with Gasteiger partial charge < -0.3 is 15.4 Å². The van der Waals surface area contributed by atoms with E-state index in [-0.39, 0.29) is 24.2 Å². The number of primary amides is 1. The maximum Gasteiger partial charge on any atom is 0.223 e. The van der Waals surface area contributed by atoms with Gasteiger partial charge in [-0.3, -0.25) is 14.5 Å². The van der Waals surface area contributed by atoms with Crippen LogP contribution in [0.15, 0.2) is 54.6 Å². The van der Waals surface area contributed by atoms with Crippen LogP contribution < -0.4 is 10.5 Å². The summed E-state index contributed by atoms with van der Waals surface area (Å²) in [5.41, 5.74) is 7.63. The van der Waals surface area contributed by atoms with Gasteiger partial charge in [-0.1, -0.05) is 56.3 Å². The highest BCUT2D eigenvalue weighted by Gasteiger charge is 2.18. The minimum atomic E-state index is -0.361. The number of nitrogens with two attached hydrogens (primary N) is 1. The molecule has 2 aromatic rings. The third-order valence-electron chi connectivity index (χ3n) is 5.51. The van der Waals surface area contributed by atoms with Crippen molar-refractivity contribution in [2.45, 2.75) is 46.6 Å². The molecule has 1 unspecified atom stereocenters. The number of hydrogen-bond donors (Lipinski definition) is 1. The van der Waals surface area contributed by atoms with E-state index < -0.39 is 0 Å². The molecule has 0 heterocycles. The van der Waals surface area contributed by atoms with Gasteiger partial charge in [0.05, 0.1) is 6.67 Å². The van der Waals surface area contributed by atoms with Crippen molar-refractivity contribution < 1.29 is 14.3 Å². The van der Waals surface area contributed by atoms with Crippen LogP contribution >= 0.6 is 0 Å². The van der Waals surface area contributed by atoms with Gasteiger partial charge >= 0.3 is 0 Å². The standard InChI is InChI=1S/C26H37N3O3/c1-4-28(20-29(5-2)26(31)18-21(3)17-25(27)30)16-15-22-11-13-24(14-12-22)32-19-23-9-7-6-8-10-23/h6-14,21H,4-5,15-20H2,1-3H3,(H2,27,30). The van der Waals surface area contributed by atoms with Crippen LogP contribution in [0.4, 0.5) is 0 Å². The number of nitrogens with zero attached hydrogens (tertiary/aromatic N) is 2. The molecule has 6 heteroatoms. The van der Waals surface area contributed by atoms with Crippen LogP contribution in [0.5, 0.6) is 5.75 Å². The summed E-state index contributed by atoms with van der Waals surface area (Å²) in [6.07, 6.45) is 1.49. The fourth-order valence-corrected chi connectivity index (χ4v) is 3.55. The lowest BCUT2D eigenvalue weighted by Gasteiger charge is -2.30. The van der Waals surface area contributed by atoms with Crippen LogP contribution in [0.25, 0.3) is 0 Å². The number of benzene rings is 2.